The van der Waals surface area contributed by atoms with E-state index in [1.807, 2.05) is 78.2 Å². The highest BCUT2D eigenvalue weighted by Gasteiger charge is 2.13. The summed E-state index contributed by atoms with van der Waals surface area (Å²) >= 11 is 0. The molecule has 0 saturated heterocycles. The largest absolute Gasteiger partial charge is 0.455 e. The molecule has 0 aliphatic carbocycles. The molecule has 0 fully saturated rings. The molecule has 26 heavy (non-hydrogen) atoms. The highest BCUT2D eigenvalue weighted by atomic mass is 16.5. The van der Waals surface area contributed by atoms with Crippen LogP contribution in [0.3, 0.4) is 0 Å². The SMILES string of the molecule is Cc1ccc(Oc2ccccc2NC(=O)c2cn3ccccc3n2)cc1. The van der Waals surface area contributed by atoms with Crippen LogP contribution in [0.5, 0.6) is 11.5 Å². The molecule has 128 valence electrons. The molecule has 4 aromatic rings. The molecule has 0 spiro atoms. The van der Waals surface area contributed by atoms with E-state index in [9.17, 15) is 4.79 Å². The van der Waals surface area contributed by atoms with Crippen molar-refractivity contribution in [2.24, 2.45) is 0 Å². The van der Waals surface area contributed by atoms with Crippen molar-refractivity contribution < 1.29 is 9.53 Å². The topological polar surface area (TPSA) is 55.6 Å². The molecular formula is C21H17N3O2. The molecule has 0 bridgehead atoms. The number of rotatable bonds is 4. The van der Waals surface area contributed by atoms with Gasteiger partial charge in [0.25, 0.3) is 5.91 Å². The molecule has 0 unspecified atom stereocenters. The zero-order valence-electron chi connectivity index (χ0n) is 14.2. The van der Waals surface area contributed by atoms with Gasteiger partial charge in [-0.25, -0.2) is 4.98 Å². The molecule has 0 atom stereocenters. The van der Waals surface area contributed by atoms with Gasteiger partial charge >= 0.3 is 0 Å². The minimum absolute atomic E-state index is 0.284. The van der Waals surface area contributed by atoms with Crippen molar-refractivity contribution in [1.82, 2.24) is 9.38 Å². The lowest BCUT2D eigenvalue weighted by molar-refractivity contribution is 0.102. The van der Waals surface area contributed by atoms with Gasteiger partial charge in [-0.1, -0.05) is 35.9 Å². The average molecular weight is 343 g/mol. The van der Waals surface area contributed by atoms with Crippen molar-refractivity contribution in [1.29, 1.82) is 0 Å². The van der Waals surface area contributed by atoms with Crippen LogP contribution in [0.4, 0.5) is 5.69 Å². The van der Waals surface area contributed by atoms with Crippen LogP contribution in [0.25, 0.3) is 5.65 Å². The fourth-order valence-corrected chi connectivity index (χ4v) is 2.62. The summed E-state index contributed by atoms with van der Waals surface area (Å²) in [5.74, 6) is 1.01. The van der Waals surface area contributed by atoms with Crippen molar-refractivity contribution in [2.45, 2.75) is 6.92 Å². The number of carbonyl (C=O) groups excluding carboxylic acids is 1. The Labute approximate surface area is 150 Å². The van der Waals surface area contributed by atoms with E-state index in [2.05, 4.69) is 10.3 Å². The third kappa shape index (κ3) is 3.28. The summed E-state index contributed by atoms with van der Waals surface area (Å²) in [6, 6.07) is 20.7. The van der Waals surface area contributed by atoms with Gasteiger partial charge in [0.15, 0.2) is 5.75 Å². The highest BCUT2D eigenvalue weighted by molar-refractivity contribution is 6.04. The average Bonchev–Trinajstić information content (AvgIpc) is 3.09. The quantitative estimate of drug-likeness (QED) is 0.585. The Morgan fingerprint density at radius 1 is 1.00 bits per heavy atom. The van der Waals surface area contributed by atoms with Gasteiger partial charge in [0.05, 0.1) is 5.69 Å². The van der Waals surface area contributed by atoms with E-state index in [0.717, 1.165) is 11.2 Å². The Bertz CT molecular complexity index is 1040. The molecule has 2 heterocycles. The van der Waals surface area contributed by atoms with Crippen molar-refractivity contribution in [3.05, 3.63) is 90.4 Å². The lowest BCUT2D eigenvalue weighted by Gasteiger charge is -2.11. The smallest absolute Gasteiger partial charge is 0.275 e. The minimum atomic E-state index is -0.284. The van der Waals surface area contributed by atoms with E-state index in [4.69, 9.17) is 4.74 Å². The molecule has 5 nitrogen and oxygen atoms in total. The summed E-state index contributed by atoms with van der Waals surface area (Å²) in [6.45, 7) is 2.02. The van der Waals surface area contributed by atoms with E-state index >= 15 is 0 Å². The summed E-state index contributed by atoms with van der Waals surface area (Å²) in [5.41, 5.74) is 2.82. The van der Waals surface area contributed by atoms with E-state index in [1.165, 1.54) is 0 Å². The predicted octanol–water partition coefficient (Wildman–Crippen LogP) is 4.69. The molecule has 0 aliphatic heterocycles. The maximum atomic E-state index is 12.6. The van der Waals surface area contributed by atoms with E-state index in [1.54, 1.807) is 12.3 Å². The first-order valence-electron chi connectivity index (χ1n) is 8.28. The Morgan fingerprint density at radius 3 is 2.58 bits per heavy atom. The van der Waals surface area contributed by atoms with Crippen LogP contribution >= 0.6 is 0 Å². The van der Waals surface area contributed by atoms with Gasteiger partial charge in [0.1, 0.15) is 17.1 Å². The van der Waals surface area contributed by atoms with E-state index < -0.39 is 0 Å². The highest BCUT2D eigenvalue weighted by Crippen LogP contribution is 2.29. The van der Waals surface area contributed by atoms with Crippen LogP contribution < -0.4 is 10.1 Å². The van der Waals surface area contributed by atoms with Crippen LogP contribution in [-0.2, 0) is 0 Å². The van der Waals surface area contributed by atoms with Gasteiger partial charge in [-0.3, -0.25) is 4.79 Å². The molecule has 2 aromatic heterocycles. The third-order valence-electron chi connectivity index (χ3n) is 3.98. The van der Waals surface area contributed by atoms with Gasteiger partial charge in [0.2, 0.25) is 0 Å². The summed E-state index contributed by atoms with van der Waals surface area (Å²) in [6.07, 6.45) is 3.56. The second kappa shape index (κ2) is 6.72. The molecule has 0 saturated carbocycles. The van der Waals surface area contributed by atoms with Gasteiger partial charge < -0.3 is 14.5 Å². The lowest BCUT2D eigenvalue weighted by atomic mass is 10.2. The normalized spacial score (nSPS) is 10.7. The number of nitrogens with zero attached hydrogens (tertiary/aromatic N) is 2. The number of hydrogen-bond donors (Lipinski definition) is 1. The molecule has 5 heteroatoms. The molecular weight excluding hydrogens is 326 g/mol. The van der Waals surface area contributed by atoms with Crippen LogP contribution in [0.1, 0.15) is 16.1 Å². The maximum Gasteiger partial charge on any atom is 0.275 e. The van der Waals surface area contributed by atoms with Crippen molar-refractivity contribution in [2.75, 3.05) is 5.32 Å². The minimum Gasteiger partial charge on any atom is -0.455 e. The summed E-state index contributed by atoms with van der Waals surface area (Å²) < 4.78 is 7.73. The Morgan fingerprint density at radius 2 is 1.77 bits per heavy atom. The number of aryl methyl sites for hydroxylation is 1. The second-order valence-corrected chi connectivity index (χ2v) is 5.96. The molecule has 1 N–H and O–H groups in total. The summed E-state index contributed by atoms with van der Waals surface area (Å²) in [7, 11) is 0. The van der Waals surface area contributed by atoms with Gasteiger partial charge in [-0.15, -0.1) is 0 Å². The number of anilines is 1. The number of nitrogens with one attached hydrogen (secondary N) is 1. The number of pyridine rings is 1. The number of benzene rings is 2. The summed E-state index contributed by atoms with van der Waals surface area (Å²) in [4.78, 5) is 16.9. The maximum absolute atomic E-state index is 12.6. The van der Waals surface area contributed by atoms with Gasteiger partial charge in [0, 0.05) is 12.4 Å². The number of para-hydroxylation sites is 2. The molecule has 0 radical (unpaired) electrons. The first-order chi connectivity index (χ1) is 12.7. The number of amides is 1. The number of fused-ring (bicyclic) bond motifs is 1. The Kier molecular flexibility index (Phi) is 4.11. The second-order valence-electron chi connectivity index (χ2n) is 5.96. The van der Waals surface area contributed by atoms with E-state index in [-0.39, 0.29) is 5.91 Å². The van der Waals surface area contributed by atoms with Crippen molar-refractivity contribution in [3.8, 4) is 11.5 Å². The zero-order valence-corrected chi connectivity index (χ0v) is 14.2. The lowest BCUT2D eigenvalue weighted by Crippen LogP contribution is -2.12. The zero-order chi connectivity index (χ0) is 17.9. The van der Waals surface area contributed by atoms with Gasteiger partial charge in [-0.2, -0.15) is 0 Å². The number of imidazole rings is 1. The van der Waals surface area contributed by atoms with Crippen molar-refractivity contribution in [3.63, 3.8) is 0 Å². The Hall–Kier alpha value is -3.60. The molecule has 2 aromatic carbocycles. The number of ether oxygens (including phenoxy) is 1. The third-order valence-corrected chi connectivity index (χ3v) is 3.98. The molecule has 1 amide bonds. The number of hydrogen-bond acceptors (Lipinski definition) is 3. The first-order valence-corrected chi connectivity index (χ1v) is 8.28. The molecule has 4 rings (SSSR count). The van der Waals surface area contributed by atoms with Crippen molar-refractivity contribution >= 4 is 17.2 Å². The van der Waals surface area contributed by atoms with Crippen LogP contribution in [-0.4, -0.2) is 15.3 Å². The summed E-state index contributed by atoms with van der Waals surface area (Å²) in [5, 5.41) is 2.88. The number of aromatic nitrogens is 2. The Balaban J connectivity index is 1.57. The standard InChI is InChI=1S/C21H17N3O2/c1-15-9-11-16(12-10-15)26-19-7-3-2-6-17(19)23-21(25)18-14-24-13-5-4-8-20(24)22-18/h2-14H,1H3,(H,23,25). The molecule has 0 aliphatic rings. The van der Waals surface area contributed by atoms with Gasteiger partial charge in [-0.05, 0) is 43.3 Å². The first kappa shape index (κ1) is 15.9. The van der Waals surface area contributed by atoms with Crippen LogP contribution in [0, 0.1) is 6.92 Å². The number of carbonyl (C=O) groups is 1. The van der Waals surface area contributed by atoms with Crippen LogP contribution in [0.2, 0.25) is 0 Å². The predicted molar refractivity (Wildman–Crippen MR) is 101 cm³/mol. The fraction of sp³-hybridized carbons (Fsp3) is 0.0476. The fourth-order valence-electron chi connectivity index (χ4n) is 2.62. The monoisotopic (exact) mass is 343 g/mol. The van der Waals surface area contributed by atoms with E-state index in [0.29, 0.717) is 22.9 Å². The van der Waals surface area contributed by atoms with Crippen LogP contribution in [0.15, 0.2) is 79.1 Å².